The van der Waals surface area contributed by atoms with Crippen LogP contribution in [0.5, 0.6) is 0 Å². The van der Waals surface area contributed by atoms with E-state index in [1.165, 1.54) is 6.42 Å². The van der Waals surface area contributed by atoms with Gasteiger partial charge in [0.25, 0.3) is 0 Å². The molecule has 0 heterocycles. The van der Waals surface area contributed by atoms with Gasteiger partial charge in [0, 0.05) is 13.6 Å². The molecule has 0 bridgehead atoms. The standard InChI is InChI=1S/C13H17N3/c1-9-5-11(9)8-16(2)13-4-3-10(7-14)6-12(13)15/h3-4,6,9,11H,5,8,15H2,1-2H3. The fourth-order valence-electron chi connectivity index (χ4n) is 2.08. The third-order valence-corrected chi connectivity index (χ3v) is 3.35. The summed E-state index contributed by atoms with van der Waals surface area (Å²) >= 11 is 0. The maximum atomic E-state index is 8.76. The van der Waals surface area contributed by atoms with E-state index in [1.54, 1.807) is 6.07 Å². The summed E-state index contributed by atoms with van der Waals surface area (Å²) in [5.41, 5.74) is 8.27. The molecule has 1 aliphatic carbocycles. The quantitative estimate of drug-likeness (QED) is 0.787. The Balaban J connectivity index is 2.11. The van der Waals surface area contributed by atoms with Gasteiger partial charge in [0.15, 0.2) is 0 Å². The Morgan fingerprint density at radius 2 is 2.25 bits per heavy atom. The number of anilines is 2. The van der Waals surface area contributed by atoms with Crippen molar-refractivity contribution < 1.29 is 0 Å². The van der Waals surface area contributed by atoms with Gasteiger partial charge in [-0.05, 0) is 36.5 Å². The topological polar surface area (TPSA) is 53.0 Å². The number of benzene rings is 1. The first-order valence-corrected chi connectivity index (χ1v) is 5.62. The lowest BCUT2D eigenvalue weighted by Crippen LogP contribution is -2.21. The molecule has 3 heteroatoms. The zero-order valence-electron chi connectivity index (χ0n) is 9.77. The van der Waals surface area contributed by atoms with E-state index in [0.717, 1.165) is 24.1 Å². The monoisotopic (exact) mass is 215 g/mol. The van der Waals surface area contributed by atoms with Crippen molar-refractivity contribution in [2.75, 3.05) is 24.2 Å². The van der Waals surface area contributed by atoms with Crippen LogP contribution in [-0.2, 0) is 0 Å². The number of nitrogens with two attached hydrogens (primary N) is 1. The van der Waals surface area contributed by atoms with Gasteiger partial charge in [-0.1, -0.05) is 6.92 Å². The van der Waals surface area contributed by atoms with Crippen LogP contribution in [0.15, 0.2) is 18.2 Å². The van der Waals surface area contributed by atoms with Crippen LogP contribution >= 0.6 is 0 Å². The van der Waals surface area contributed by atoms with Gasteiger partial charge in [-0.2, -0.15) is 5.26 Å². The molecule has 0 aromatic heterocycles. The molecule has 2 atom stereocenters. The average Bonchev–Trinajstić information content (AvgIpc) is 2.93. The molecular weight excluding hydrogens is 198 g/mol. The number of nitrogen functional groups attached to an aromatic ring is 1. The van der Waals surface area contributed by atoms with Gasteiger partial charge in [0.2, 0.25) is 0 Å². The third kappa shape index (κ3) is 2.11. The summed E-state index contributed by atoms with van der Waals surface area (Å²) in [5.74, 6) is 1.65. The largest absolute Gasteiger partial charge is 0.397 e. The van der Waals surface area contributed by atoms with Crippen LogP contribution < -0.4 is 10.6 Å². The van der Waals surface area contributed by atoms with E-state index in [4.69, 9.17) is 11.0 Å². The zero-order valence-corrected chi connectivity index (χ0v) is 9.77. The van der Waals surface area contributed by atoms with Crippen molar-refractivity contribution in [1.29, 1.82) is 5.26 Å². The summed E-state index contributed by atoms with van der Waals surface area (Å²) in [6, 6.07) is 7.58. The van der Waals surface area contributed by atoms with Crippen molar-refractivity contribution in [1.82, 2.24) is 0 Å². The average molecular weight is 215 g/mol. The van der Waals surface area contributed by atoms with Crippen molar-refractivity contribution in [2.45, 2.75) is 13.3 Å². The second-order valence-corrected chi connectivity index (χ2v) is 4.74. The smallest absolute Gasteiger partial charge is 0.0992 e. The van der Waals surface area contributed by atoms with Crippen LogP contribution in [0, 0.1) is 23.2 Å². The van der Waals surface area contributed by atoms with Gasteiger partial charge in [0.05, 0.1) is 23.0 Å². The first-order chi connectivity index (χ1) is 7.61. The molecule has 16 heavy (non-hydrogen) atoms. The number of rotatable bonds is 3. The van der Waals surface area contributed by atoms with Gasteiger partial charge >= 0.3 is 0 Å². The van der Waals surface area contributed by atoms with E-state index >= 15 is 0 Å². The molecule has 1 aliphatic rings. The lowest BCUT2D eigenvalue weighted by molar-refractivity contribution is 0.726. The van der Waals surface area contributed by atoms with Crippen molar-refractivity contribution in [3.8, 4) is 6.07 Å². The second-order valence-electron chi connectivity index (χ2n) is 4.74. The van der Waals surface area contributed by atoms with Gasteiger partial charge in [-0.25, -0.2) is 0 Å². The molecule has 1 aromatic carbocycles. The molecular formula is C13H17N3. The molecule has 2 rings (SSSR count). The van der Waals surface area contributed by atoms with Crippen LogP contribution in [0.2, 0.25) is 0 Å². The van der Waals surface area contributed by atoms with Crippen LogP contribution in [0.4, 0.5) is 11.4 Å². The molecule has 0 radical (unpaired) electrons. The van der Waals surface area contributed by atoms with Crippen LogP contribution in [0.1, 0.15) is 18.9 Å². The van der Waals surface area contributed by atoms with Crippen molar-refractivity contribution in [2.24, 2.45) is 11.8 Å². The third-order valence-electron chi connectivity index (χ3n) is 3.35. The van der Waals surface area contributed by atoms with E-state index in [2.05, 4.69) is 24.9 Å². The summed E-state index contributed by atoms with van der Waals surface area (Å²) in [6.07, 6.45) is 1.32. The van der Waals surface area contributed by atoms with E-state index in [0.29, 0.717) is 11.3 Å². The maximum Gasteiger partial charge on any atom is 0.0992 e. The number of nitrogens with zero attached hydrogens (tertiary/aromatic N) is 2. The SMILES string of the molecule is CC1CC1CN(C)c1ccc(C#N)cc1N. The normalized spacial score (nSPS) is 22.6. The molecule has 2 unspecified atom stereocenters. The molecule has 84 valence electrons. The van der Waals surface area contributed by atoms with Gasteiger partial charge in [-0.15, -0.1) is 0 Å². The molecule has 0 spiro atoms. The predicted molar refractivity (Wildman–Crippen MR) is 66.1 cm³/mol. The minimum atomic E-state index is 0.620. The highest BCUT2D eigenvalue weighted by Gasteiger charge is 2.33. The van der Waals surface area contributed by atoms with Gasteiger partial charge in [0.1, 0.15) is 0 Å². The Morgan fingerprint density at radius 3 is 2.75 bits per heavy atom. The maximum absolute atomic E-state index is 8.76. The molecule has 3 nitrogen and oxygen atoms in total. The summed E-state index contributed by atoms with van der Waals surface area (Å²) in [4.78, 5) is 2.19. The summed E-state index contributed by atoms with van der Waals surface area (Å²) < 4.78 is 0. The zero-order chi connectivity index (χ0) is 11.7. The molecule has 0 saturated heterocycles. The molecule has 2 N–H and O–H groups in total. The van der Waals surface area contributed by atoms with Crippen molar-refractivity contribution in [3.05, 3.63) is 23.8 Å². The van der Waals surface area contributed by atoms with E-state index in [9.17, 15) is 0 Å². The van der Waals surface area contributed by atoms with Crippen LogP contribution in [0.3, 0.4) is 0 Å². The first-order valence-electron chi connectivity index (χ1n) is 5.62. The Kier molecular flexibility index (Phi) is 2.74. The van der Waals surface area contributed by atoms with E-state index in [-0.39, 0.29) is 0 Å². The number of nitriles is 1. The summed E-state index contributed by atoms with van der Waals surface area (Å²) in [5, 5.41) is 8.76. The minimum absolute atomic E-state index is 0.620. The van der Waals surface area contributed by atoms with Gasteiger partial charge < -0.3 is 10.6 Å². The highest BCUT2D eigenvalue weighted by molar-refractivity contribution is 5.69. The highest BCUT2D eigenvalue weighted by atomic mass is 15.1. The molecule has 0 amide bonds. The second kappa shape index (κ2) is 4.05. The lowest BCUT2D eigenvalue weighted by Gasteiger charge is -2.21. The lowest BCUT2D eigenvalue weighted by atomic mass is 10.1. The fourth-order valence-corrected chi connectivity index (χ4v) is 2.08. The number of hydrogen-bond donors (Lipinski definition) is 1. The van der Waals surface area contributed by atoms with Crippen molar-refractivity contribution in [3.63, 3.8) is 0 Å². The molecule has 0 aliphatic heterocycles. The fraction of sp³-hybridized carbons (Fsp3) is 0.462. The Bertz CT molecular complexity index is 433. The van der Waals surface area contributed by atoms with Gasteiger partial charge in [-0.3, -0.25) is 0 Å². The number of hydrogen-bond acceptors (Lipinski definition) is 3. The minimum Gasteiger partial charge on any atom is -0.397 e. The van der Waals surface area contributed by atoms with Crippen molar-refractivity contribution >= 4 is 11.4 Å². The Labute approximate surface area is 96.5 Å². The Morgan fingerprint density at radius 1 is 1.56 bits per heavy atom. The first kappa shape index (κ1) is 10.8. The Hall–Kier alpha value is -1.69. The predicted octanol–water partition coefficient (Wildman–Crippen LogP) is 2.23. The summed E-state index contributed by atoms with van der Waals surface area (Å²) in [7, 11) is 2.06. The molecule has 1 fully saturated rings. The van der Waals surface area contributed by atoms with Crippen LogP contribution in [-0.4, -0.2) is 13.6 Å². The van der Waals surface area contributed by atoms with E-state index < -0.39 is 0 Å². The highest BCUT2D eigenvalue weighted by Crippen LogP contribution is 2.39. The van der Waals surface area contributed by atoms with E-state index in [1.807, 2.05) is 12.1 Å². The molecule has 1 aromatic rings. The molecule has 1 saturated carbocycles. The van der Waals surface area contributed by atoms with Crippen LogP contribution in [0.25, 0.3) is 0 Å². The summed E-state index contributed by atoms with van der Waals surface area (Å²) in [6.45, 7) is 3.33.